The molecular formula is C13H17N3. The van der Waals surface area contributed by atoms with Crippen LogP contribution in [0.25, 0.3) is 5.69 Å². The Bertz CT molecular complexity index is 512. The van der Waals surface area contributed by atoms with E-state index in [-0.39, 0.29) is 0 Å². The van der Waals surface area contributed by atoms with Crippen molar-refractivity contribution >= 4 is 0 Å². The largest absolute Gasteiger partial charge is 0.326 e. The van der Waals surface area contributed by atoms with Gasteiger partial charge in [-0.15, -0.1) is 0 Å². The number of nitrogens with zero attached hydrogens (tertiary/aromatic N) is 2. The number of hydrogen-bond donors (Lipinski definition) is 1. The predicted octanol–water partition coefficient (Wildman–Crippen LogP) is 2.26. The Kier molecular flexibility index (Phi) is 2.79. The van der Waals surface area contributed by atoms with Gasteiger partial charge in [0.15, 0.2) is 0 Å². The fourth-order valence-corrected chi connectivity index (χ4v) is 1.76. The third kappa shape index (κ3) is 1.74. The number of benzene rings is 1. The number of aromatic nitrogens is 2. The molecule has 0 spiro atoms. The quantitative estimate of drug-likeness (QED) is 0.835. The molecule has 3 heteroatoms. The first-order valence-electron chi connectivity index (χ1n) is 5.44. The summed E-state index contributed by atoms with van der Waals surface area (Å²) in [7, 11) is 0. The standard InChI is InChI=1S/C13H17N3/c1-9-4-5-13(6-10(9)2)16-11(3)12(7-14)8-15-16/h4-6,8H,7,14H2,1-3H3. The minimum atomic E-state index is 0.538. The Morgan fingerprint density at radius 1 is 1.19 bits per heavy atom. The average molecular weight is 215 g/mol. The van der Waals surface area contributed by atoms with E-state index in [1.807, 2.05) is 17.8 Å². The maximum absolute atomic E-state index is 5.64. The van der Waals surface area contributed by atoms with Crippen LogP contribution in [0.2, 0.25) is 0 Å². The van der Waals surface area contributed by atoms with E-state index >= 15 is 0 Å². The molecule has 0 aliphatic heterocycles. The van der Waals surface area contributed by atoms with Crippen molar-refractivity contribution < 1.29 is 0 Å². The van der Waals surface area contributed by atoms with Crippen LogP contribution in [0.3, 0.4) is 0 Å². The topological polar surface area (TPSA) is 43.8 Å². The summed E-state index contributed by atoms with van der Waals surface area (Å²) >= 11 is 0. The molecular weight excluding hydrogens is 198 g/mol. The summed E-state index contributed by atoms with van der Waals surface area (Å²) in [6, 6.07) is 6.35. The van der Waals surface area contributed by atoms with Crippen molar-refractivity contribution in [3.05, 3.63) is 46.8 Å². The molecule has 2 aromatic rings. The first-order valence-corrected chi connectivity index (χ1v) is 5.44. The van der Waals surface area contributed by atoms with Gasteiger partial charge in [0.25, 0.3) is 0 Å². The number of hydrogen-bond acceptors (Lipinski definition) is 2. The number of rotatable bonds is 2. The van der Waals surface area contributed by atoms with Crippen molar-refractivity contribution in [2.75, 3.05) is 0 Å². The predicted molar refractivity (Wildman–Crippen MR) is 65.7 cm³/mol. The van der Waals surface area contributed by atoms with Gasteiger partial charge in [-0.2, -0.15) is 5.10 Å². The van der Waals surface area contributed by atoms with Gasteiger partial charge in [-0.3, -0.25) is 0 Å². The minimum Gasteiger partial charge on any atom is -0.326 e. The maximum atomic E-state index is 5.64. The molecule has 0 bridgehead atoms. The third-order valence-corrected chi connectivity index (χ3v) is 3.07. The minimum absolute atomic E-state index is 0.538. The van der Waals surface area contributed by atoms with Crippen LogP contribution < -0.4 is 5.73 Å². The van der Waals surface area contributed by atoms with Crippen molar-refractivity contribution in [2.45, 2.75) is 27.3 Å². The van der Waals surface area contributed by atoms with E-state index in [0.29, 0.717) is 6.54 Å². The highest BCUT2D eigenvalue weighted by molar-refractivity contribution is 5.40. The molecule has 1 aromatic carbocycles. The van der Waals surface area contributed by atoms with Crippen LogP contribution in [0.15, 0.2) is 24.4 Å². The number of aryl methyl sites for hydroxylation is 2. The highest BCUT2D eigenvalue weighted by atomic mass is 15.3. The van der Waals surface area contributed by atoms with Crippen LogP contribution in [0, 0.1) is 20.8 Å². The summed E-state index contributed by atoms with van der Waals surface area (Å²) in [6.07, 6.45) is 1.84. The molecule has 0 aliphatic carbocycles. The second-order valence-corrected chi connectivity index (χ2v) is 4.14. The highest BCUT2D eigenvalue weighted by Gasteiger charge is 2.07. The van der Waals surface area contributed by atoms with Gasteiger partial charge in [0.2, 0.25) is 0 Å². The molecule has 0 amide bonds. The lowest BCUT2D eigenvalue weighted by Gasteiger charge is -2.07. The normalized spacial score (nSPS) is 10.8. The average Bonchev–Trinajstić information content (AvgIpc) is 2.64. The Morgan fingerprint density at radius 3 is 2.50 bits per heavy atom. The first-order chi connectivity index (χ1) is 7.63. The molecule has 1 aromatic heterocycles. The van der Waals surface area contributed by atoms with E-state index < -0.39 is 0 Å². The van der Waals surface area contributed by atoms with E-state index in [9.17, 15) is 0 Å². The van der Waals surface area contributed by atoms with Crippen LogP contribution in [0.4, 0.5) is 0 Å². The van der Waals surface area contributed by atoms with Gasteiger partial charge in [-0.1, -0.05) is 6.07 Å². The van der Waals surface area contributed by atoms with Gasteiger partial charge in [0.1, 0.15) is 0 Å². The Balaban J connectivity index is 2.50. The van der Waals surface area contributed by atoms with Crippen molar-refractivity contribution in [1.82, 2.24) is 9.78 Å². The lowest BCUT2D eigenvalue weighted by atomic mass is 10.1. The van der Waals surface area contributed by atoms with E-state index in [1.165, 1.54) is 11.1 Å². The van der Waals surface area contributed by atoms with Crippen LogP contribution in [-0.2, 0) is 6.54 Å². The van der Waals surface area contributed by atoms with Crippen molar-refractivity contribution in [3.63, 3.8) is 0 Å². The molecule has 2 rings (SSSR count). The lowest BCUT2D eigenvalue weighted by molar-refractivity contribution is 0.841. The molecule has 16 heavy (non-hydrogen) atoms. The molecule has 3 nitrogen and oxygen atoms in total. The summed E-state index contributed by atoms with van der Waals surface area (Å²) in [5.74, 6) is 0. The Morgan fingerprint density at radius 2 is 1.94 bits per heavy atom. The molecule has 0 atom stereocenters. The smallest absolute Gasteiger partial charge is 0.0651 e. The summed E-state index contributed by atoms with van der Waals surface area (Å²) in [5.41, 5.74) is 11.5. The zero-order valence-electron chi connectivity index (χ0n) is 9.99. The monoisotopic (exact) mass is 215 g/mol. The Hall–Kier alpha value is -1.61. The van der Waals surface area contributed by atoms with Gasteiger partial charge < -0.3 is 5.73 Å². The van der Waals surface area contributed by atoms with Crippen LogP contribution in [-0.4, -0.2) is 9.78 Å². The van der Waals surface area contributed by atoms with Crippen LogP contribution in [0.1, 0.15) is 22.4 Å². The molecule has 0 radical (unpaired) electrons. The molecule has 2 N–H and O–H groups in total. The second kappa shape index (κ2) is 4.10. The van der Waals surface area contributed by atoms with Crippen LogP contribution >= 0.6 is 0 Å². The Labute approximate surface area is 95.9 Å². The SMILES string of the molecule is Cc1ccc(-n2ncc(CN)c2C)cc1C. The molecule has 84 valence electrons. The summed E-state index contributed by atoms with van der Waals surface area (Å²) in [4.78, 5) is 0. The maximum Gasteiger partial charge on any atom is 0.0651 e. The third-order valence-electron chi connectivity index (χ3n) is 3.07. The van der Waals surface area contributed by atoms with Crippen molar-refractivity contribution in [2.24, 2.45) is 5.73 Å². The first kappa shape index (κ1) is 10.9. The van der Waals surface area contributed by atoms with Crippen molar-refractivity contribution in [3.8, 4) is 5.69 Å². The van der Waals surface area contributed by atoms with Crippen LogP contribution in [0.5, 0.6) is 0 Å². The number of nitrogens with two attached hydrogens (primary N) is 1. The zero-order valence-corrected chi connectivity index (χ0v) is 9.99. The van der Waals surface area contributed by atoms with E-state index in [2.05, 4.69) is 37.1 Å². The van der Waals surface area contributed by atoms with E-state index in [4.69, 9.17) is 5.73 Å². The molecule has 0 fully saturated rings. The fourth-order valence-electron chi connectivity index (χ4n) is 1.76. The highest BCUT2D eigenvalue weighted by Crippen LogP contribution is 2.16. The van der Waals surface area contributed by atoms with Gasteiger partial charge in [-0.05, 0) is 44.0 Å². The van der Waals surface area contributed by atoms with E-state index in [1.54, 1.807) is 0 Å². The molecule has 0 saturated heterocycles. The molecule has 1 heterocycles. The zero-order chi connectivity index (χ0) is 11.7. The second-order valence-electron chi connectivity index (χ2n) is 4.14. The van der Waals surface area contributed by atoms with E-state index in [0.717, 1.165) is 16.9 Å². The molecule has 0 unspecified atom stereocenters. The summed E-state index contributed by atoms with van der Waals surface area (Å²) in [5, 5.41) is 4.36. The molecule has 0 aliphatic rings. The lowest BCUT2D eigenvalue weighted by Crippen LogP contribution is -2.02. The van der Waals surface area contributed by atoms with Gasteiger partial charge in [0, 0.05) is 17.8 Å². The van der Waals surface area contributed by atoms with Gasteiger partial charge in [0.05, 0.1) is 11.9 Å². The van der Waals surface area contributed by atoms with Crippen molar-refractivity contribution in [1.29, 1.82) is 0 Å². The van der Waals surface area contributed by atoms with Gasteiger partial charge in [-0.25, -0.2) is 4.68 Å². The molecule has 0 saturated carbocycles. The fraction of sp³-hybridized carbons (Fsp3) is 0.308. The summed E-state index contributed by atoms with van der Waals surface area (Å²) in [6.45, 7) is 6.81. The summed E-state index contributed by atoms with van der Waals surface area (Å²) < 4.78 is 1.94. The van der Waals surface area contributed by atoms with Gasteiger partial charge >= 0.3 is 0 Å².